The number of carbonyl (C=O) groups is 1. The number of nitrogens with zero attached hydrogens (tertiary/aromatic N) is 3. The third-order valence-corrected chi connectivity index (χ3v) is 5.16. The molecule has 1 N–H and O–H groups in total. The zero-order chi connectivity index (χ0) is 18.3. The Hall–Kier alpha value is -3.00. The smallest absolute Gasteiger partial charge is 0.277 e. The molecule has 0 saturated heterocycles. The van der Waals surface area contributed by atoms with Crippen molar-refractivity contribution < 1.29 is 9.72 Å². The Morgan fingerprint density at radius 3 is 2.73 bits per heavy atom. The minimum Gasteiger partial charge on any atom is -0.306 e. The first-order chi connectivity index (χ1) is 12.6. The van der Waals surface area contributed by atoms with Gasteiger partial charge in [-0.3, -0.25) is 20.0 Å². The molecule has 0 radical (unpaired) electrons. The van der Waals surface area contributed by atoms with Crippen molar-refractivity contribution in [1.82, 2.24) is 10.2 Å². The molecule has 7 nitrogen and oxygen atoms in total. The number of nitro benzene ring substituents is 1. The second kappa shape index (κ2) is 6.38. The lowest BCUT2D eigenvalue weighted by Gasteiger charge is -2.16. The molecule has 2 heterocycles. The molecule has 1 amide bonds. The molecule has 0 aliphatic carbocycles. The van der Waals surface area contributed by atoms with Crippen LogP contribution in [0.25, 0.3) is 11.3 Å². The summed E-state index contributed by atoms with van der Waals surface area (Å²) < 4.78 is 0.576. The molecule has 0 saturated carbocycles. The number of H-pyrrole nitrogens is 1. The number of rotatable bonds is 3. The van der Waals surface area contributed by atoms with Gasteiger partial charge in [-0.2, -0.15) is 5.10 Å². The largest absolute Gasteiger partial charge is 0.306 e. The quantitative estimate of drug-likeness (QED) is 0.520. The summed E-state index contributed by atoms with van der Waals surface area (Å²) in [6.07, 6.45) is 0.663. The number of anilines is 1. The molecule has 1 aliphatic heterocycles. The van der Waals surface area contributed by atoms with Crippen LogP contribution in [-0.4, -0.2) is 27.6 Å². The third kappa shape index (κ3) is 2.68. The number of aromatic nitrogens is 2. The average molecular weight is 413 g/mol. The predicted molar refractivity (Wildman–Crippen MR) is 100 cm³/mol. The molecule has 130 valence electrons. The van der Waals surface area contributed by atoms with Gasteiger partial charge in [0.05, 0.1) is 15.1 Å². The number of hydrogen-bond donors (Lipinski definition) is 1. The Balaban J connectivity index is 1.70. The second-order valence-corrected chi connectivity index (χ2v) is 6.70. The Labute approximate surface area is 156 Å². The van der Waals surface area contributed by atoms with E-state index in [-0.39, 0.29) is 11.6 Å². The van der Waals surface area contributed by atoms with Crippen molar-refractivity contribution in [3.05, 3.63) is 74.4 Å². The van der Waals surface area contributed by atoms with Crippen molar-refractivity contribution in [2.24, 2.45) is 0 Å². The normalized spacial score (nSPS) is 12.9. The minimum atomic E-state index is -0.457. The minimum absolute atomic E-state index is 0.0305. The fourth-order valence-corrected chi connectivity index (χ4v) is 3.66. The monoisotopic (exact) mass is 412 g/mol. The molecule has 0 spiro atoms. The fraction of sp³-hybridized carbons (Fsp3) is 0.111. The van der Waals surface area contributed by atoms with Gasteiger partial charge < -0.3 is 4.90 Å². The van der Waals surface area contributed by atoms with Crippen molar-refractivity contribution in [2.75, 3.05) is 11.4 Å². The SMILES string of the molecule is O=C(c1[nH]nc(-c2ccccc2)c1Br)N1CCc2ccc([N+](=O)[O-])cc21. The Morgan fingerprint density at radius 2 is 2.00 bits per heavy atom. The summed E-state index contributed by atoms with van der Waals surface area (Å²) >= 11 is 3.46. The van der Waals surface area contributed by atoms with E-state index in [0.717, 1.165) is 11.1 Å². The number of benzene rings is 2. The molecule has 8 heteroatoms. The first-order valence-corrected chi connectivity index (χ1v) is 8.74. The maximum atomic E-state index is 13.0. The van der Waals surface area contributed by atoms with Gasteiger partial charge in [0.15, 0.2) is 0 Å². The van der Waals surface area contributed by atoms with Crippen molar-refractivity contribution in [3.63, 3.8) is 0 Å². The first kappa shape index (κ1) is 16.5. The lowest BCUT2D eigenvalue weighted by Crippen LogP contribution is -2.29. The van der Waals surface area contributed by atoms with Gasteiger partial charge in [-0.15, -0.1) is 0 Å². The van der Waals surface area contributed by atoms with Gasteiger partial charge in [0.25, 0.3) is 11.6 Å². The van der Waals surface area contributed by atoms with E-state index in [1.165, 1.54) is 12.1 Å². The molecule has 0 unspecified atom stereocenters. The molecule has 4 rings (SSSR count). The third-order valence-electron chi connectivity index (χ3n) is 4.39. The average Bonchev–Trinajstić information content (AvgIpc) is 3.25. The Morgan fingerprint density at radius 1 is 1.23 bits per heavy atom. The van der Waals surface area contributed by atoms with Crippen LogP contribution in [0.3, 0.4) is 0 Å². The summed E-state index contributed by atoms with van der Waals surface area (Å²) in [5.74, 6) is -0.272. The number of amides is 1. The molecule has 0 atom stereocenters. The standard InChI is InChI=1S/C18H13BrN4O3/c19-15-16(12-4-2-1-3-5-12)20-21-17(15)18(24)22-9-8-11-6-7-13(23(25)26)10-14(11)22/h1-7,10H,8-9H2,(H,20,21). The number of nitrogens with one attached hydrogen (secondary N) is 1. The van der Waals surface area contributed by atoms with E-state index in [1.54, 1.807) is 11.0 Å². The van der Waals surface area contributed by atoms with Gasteiger partial charge >= 0.3 is 0 Å². The molecule has 3 aromatic rings. The van der Waals surface area contributed by atoms with Crippen molar-refractivity contribution in [2.45, 2.75) is 6.42 Å². The number of carbonyl (C=O) groups excluding carboxylic acids is 1. The maximum absolute atomic E-state index is 13.0. The van der Waals surface area contributed by atoms with Crippen LogP contribution in [0.2, 0.25) is 0 Å². The van der Waals surface area contributed by atoms with E-state index in [1.807, 2.05) is 30.3 Å². The molecule has 0 bridgehead atoms. The van der Waals surface area contributed by atoms with Crippen LogP contribution in [0.15, 0.2) is 53.0 Å². The van der Waals surface area contributed by atoms with E-state index >= 15 is 0 Å². The van der Waals surface area contributed by atoms with E-state index < -0.39 is 4.92 Å². The highest BCUT2D eigenvalue weighted by molar-refractivity contribution is 9.10. The first-order valence-electron chi connectivity index (χ1n) is 7.94. The summed E-state index contributed by atoms with van der Waals surface area (Å²) in [6, 6.07) is 14.1. The van der Waals surface area contributed by atoms with Crippen LogP contribution in [-0.2, 0) is 6.42 Å². The lowest BCUT2D eigenvalue weighted by molar-refractivity contribution is -0.384. The molecule has 0 fully saturated rings. The van der Waals surface area contributed by atoms with E-state index in [0.29, 0.717) is 34.5 Å². The van der Waals surface area contributed by atoms with Crippen molar-refractivity contribution in [1.29, 1.82) is 0 Å². The number of nitro groups is 1. The van der Waals surface area contributed by atoms with E-state index in [9.17, 15) is 14.9 Å². The summed E-state index contributed by atoms with van der Waals surface area (Å²) in [5, 5.41) is 18.1. The van der Waals surface area contributed by atoms with Gasteiger partial charge in [0.1, 0.15) is 11.4 Å². The van der Waals surface area contributed by atoms with Crippen LogP contribution in [0.1, 0.15) is 16.1 Å². The number of hydrogen-bond acceptors (Lipinski definition) is 4. The molecular weight excluding hydrogens is 400 g/mol. The van der Waals surface area contributed by atoms with Crippen LogP contribution in [0.5, 0.6) is 0 Å². The zero-order valence-corrected chi connectivity index (χ0v) is 15.1. The second-order valence-electron chi connectivity index (χ2n) is 5.90. The molecular formula is C18H13BrN4O3. The molecule has 2 aromatic carbocycles. The zero-order valence-electron chi connectivity index (χ0n) is 13.5. The Bertz CT molecular complexity index is 1020. The van der Waals surface area contributed by atoms with Crippen molar-refractivity contribution >= 4 is 33.2 Å². The predicted octanol–water partition coefficient (Wildman–Crippen LogP) is 3.95. The summed E-state index contributed by atoms with van der Waals surface area (Å²) in [6.45, 7) is 0.474. The van der Waals surface area contributed by atoms with E-state index in [2.05, 4.69) is 26.1 Å². The van der Waals surface area contributed by atoms with Gasteiger partial charge in [-0.05, 0) is 27.9 Å². The van der Waals surface area contributed by atoms with Crippen LogP contribution >= 0.6 is 15.9 Å². The number of fused-ring (bicyclic) bond motifs is 1. The highest BCUT2D eigenvalue weighted by Gasteiger charge is 2.30. The van der Waals surface area contributed by atoms with Gasteiger partial charge in [0, 0.05) is 24.2 Å². The summed E-state index contributed by atoms with van der Waals surface area (Å²) in [5.41, 5.74) is 3.31. The Kier molecular flexibility index (Phi) is 4.04. The lowest BCUT2D eigenvalue weighted by atomic mass is 10.1. The van der Waals surface area contributed by atoms with Gasteiger partial charge in [0.2, 0.25) is 0 Å². The molecule has 1 aliphatic rings. The molecule has 26 heavy (non-hydrogen) atoms. The van der Waals surface area contributed by atoms with Crippen LogP contribution < -0.4 is 4.90 Å². The van der Waals surface area contributed by atoms with E-state index in [4.69, 9.17) is 0 Å². The maximum Gasteiger partial charge on any atom is 0.277 e. The summed E-state index contributed by atoms with van der Waals surface area (Å²) in [7, 11) is 0. The number of halogens is 1. The van der Waals surface area contributed by atoms with Gasteiger partial charge in [-0.1, -0.05) is 36.4 Å². The van der Waals surface area contributed by atoms with Crippen molar-refractivity contribution in [3.8, 4) is 11.3 Å². The summed E-state index contributed by atoms with van der Waals surface area (Å²) in [4.78, 5) is 25.1. The fourth-order valence-electron chi connectivity index (χ4n) is 3.08. The topological polar surface area (TPSA) is 92.1 Å². The highest BCUT2D eigenvalue weighted by atomic mass is 79.9. The number of non-ortho nitro benzene ring substituents is 1. The highest BCUT2D eigenvalue weighted by Crippen LogP contribution is 2.35. The number of aromatic amines is 1. The molecule has 1 aromatic heterocycles. The van der Waals surface area contributed by atoms with Crippen LogP contribution in [0.4, 0.5) is 11.4 Å². The van der Waals surface area contributed by atoms with Gasteiger partial charge in [-0.25, -0.2) is 0 Å². The van der Waals surface area contributed by atoms with Crippen LogP contribution in [0, 0.1) is 10.1 Å².